The topological polar surface area (TPSA) is 35.8 Å². The van der Waals surface area contributed by atoms with E-state index < -0.39 is 0 Å². The second-order valence-electron chi connectivity index (χ2n) is 6.95. The van der Waals surface area contributed by atoms with Crippen LogP contribution in [0.1, 0.15) is 5.56 Å². The number of benzene rings is 3. The molecule has 0 unspecified atom stereocenters. The number of rotatable bonds is 7. The standard InChI is InChI=1S/C25H23ClN2O2S/c1-29-23-13-8-19(16-24(23)30-2)22-17-31-25(27-21-11-9-20(26)10-12-21)28(22)15-14-18-6-4-3-5-7-18/h3-13,16-17H,14-15H2,1-2H3. The summed E-state index contributed by atoms with van der Waals surface area (Å²) in [6.07, 6.45) is 0.908. The average Bonchev–Trinajstić information content (AvgIpc) is 3.21. The van der Waals surface area contributed by atoms with Gasteiger partial charge in [-0.05, 0) is 54.4 Å². The number of thiazole rings is 1. The molecule has 6 heteroatoms. The molecule has 0 aliphatic carbocycles. The molecule has 31 heavy (non-hydrogen) atoms. The van der Waals surface area contributed by atoms with E-state index in [1.165, 1.54) is 5.56 Å². The molecule has 0 saturated heterocycles. The van der Waals surface area contributed by atoms with Gasteiger partial charge in [0, 0.05) is 22.5 Å². The minimum atomic E-state index is 0.702. The molecule has 0 bridgehead atoms. The molecule has 4 aromatic rings. The van der Waals surface area contributed by atoms with E-state index in [1.807, 2.05) is 42.5 Å². The molecule has 0 amide bonds. The zero-order chi connectivity index (χ0) is 21.6. The molecule has 158 valence electrons. The lowest BCUT2D eigenvalue weighted by molar-refractivity contribution is 0.355. The first-order valence-corrected chi connectivity index (χ1v) is 11.2. The van der Waals surface area contributed by atoms with Crippen LogP contribution in [0.25, 0.3) is 11.3 Å². The Labute approximate surface area is 191 Å². The third-order valence-electron chi connectivity index (χ3n) is 5.00. The maximum Gasteiger partial charge on any atom is 0.190 e. The SMILES string of the molecule is COc1ccc(-c2csc(=Nc3ccc(Cl)cc3)n2CCc2ccccc2)cc1OC. The summed E-state index contributed by atoms with van der Waals surface area (Å²) in [7, 11) is 3.30. The van der Waals surface area contributed by atoms with Gasteiger partial charge in [-0.1, -0.05) is 41.9 Å². The molecule has 4 nitrogen and oxygen atoms in total. The van der Waals surface area contributed by atoms with Crippen LogP contribution >= 0.6 is 22.9 Å². The van der Waals surface area contributed by atoms with Crippen LogP contribution in [0.4, 0.5) is 5.69 Å². The van der Waals surface area contributed by atoms with Crippen LogP contribution in [-0.4, -0.2) is 18.8 Å². The first-order chi connectivity index (χ1) is 15.2. The van der Waals surface area contributed by atoms with Crippen molar-refractivity contribution in [1.82, 2.24) is 4.57 Å². The molecule has 4 rings (SSSR count). The van der Waals surface area contributed by atoms with Crippen molar-refractivity contribution in [3.05, 3.63) is 93.6 Å². The second-order valence-corrected chi connectivity index (χ2v) is 8.22. The fourth-order valence-corrected chi connectivity index (χ4v) is 4.45. The fourth-order valence-electron chi connectivity index (χ4n) is 3.37. The van der Waals surface area contributed by atoms with Crippen LogP contribution in [0.5, 0.6) is 11.5 Å². The molecule has 0 aliphatic heterocycles. The Morgan fingerprint density at radius 1 is 0.903 bits per heavy atom. The van der Waals surface area contributed by atoms with Crippen molar-refractivity contribution in [2.24, 2.45) is 4.99 Å². The van der Waals surface area contributed by atoms with E-state index in [0.29, 0.717) is 16.5 Å². The first kappa shape index (κ1) is 21.2. The van der Waals surface area contributed by atoms with E-state index in [2.05, 4.69) is 40.3 Å². The number of methoxy groups -OCH3 is 2. The molecular formula is C25H23ClN2O2S. The third kappa shape index (κ3) is 5.01. The zero-order valence-electron chi connectivity index (χ0n) is 17.4. The van der Waals surface area contributed by atoms with Crippen LogP contribution in [0.2, 0.25) is 5.02 Å². The highest BCUT2D eigenvalue weighted by Gasteiger charge is 2.12. The number of ether oxygens (including phenoxy) is 2. The Hall–Kier alpha value is -3.02. The molecule has 3 aromatic carbocycles. The monoisotopic (exact) mass is 450 g/mol. The summed E-state index contributed by atoms with van der Waals surface area (Å²) < 4.78 is 13.2. The lowest BCUT2D eigenvalue weighted by Gasteiger charge is -2.12. The molecule has 0 saturated carbocycles. The molecule has 1 heterocycles. The Morgan fingerprint density at radius 2 is 1.65 bits per heavy atom. The summed E-state index contributed by atoms with van der Waals surface area (Å²) in [4.78, 5) is 5.82. The van der Waals surface area contributed by atoms with Gasteiger partial charge in [0.25, 0.3) is 0 Å². The Bertz CT molecular complexity index is 1210. The van der Waals surface area contributed by atoms with Crippen LogP contribution in [-0.2, 0) is 13.0 Å². The van der Waals surface area contributed by atoms with E-state index in [0.717, 1.165) is 34.7 Å². The predicted molar refractivity (Wildman–Crippen MR) is 128 cm³/mol. The van der Waals surface area contributed by atoms with Crippen molar-refractivity contribution < 1.29 is 9.47 Å². The van der Waals surface area contributed by atoms with Gasteiger partial charge in [-0.15, -0.1) is 11.3 Å². The van der Waals surface area contributed by atoms with Gasteiger partial charge >= 0.3 is 0 Å². The molecule has 0 N–H and O–H groups in total. The van der Waals surface area contributed by atoms with E-state index in [9.17, 15) is 0 Å². The highest BCUT2D eigenvalue weighted by molar-refractivity contribution is 7.07. The molecule has 0 aliphatic rings. The molecule has 1 aromatic heterocycles. The Balaban J connectivity index is 1.77. The summed E-state index contributed by atoms with van der Waals surface area (Å²) in [5.74, 6) is 1.42. The van der Waals surface area contributed by atoms with Crippen molar-refractivity contribution in [3.8, 4) is 22.8 Å². The number of halogens is 1. The molecule has 0 spiro atoms. The van der Waals surface area contributed by atoms with Crippen molar-refractivity contribution in [2.45, 2.75) is 13.0 Å². The van der Waals surface area contributed by atoms with Crippen molar-refractivity contribution in [3.63, 3.8) is 0 Å². The molecule has 0 radical (unpaired) electrons. The van der Waals surface area contributed by atoms with Crippen molar-refractivity contribution >= 4 is 28.6 Å². The van der Waals surface area contributed by atoms with Gasteiger partial charge in [-0.2, -0.15) is 0 Å². The van der Waals surface area contributed by atoms with Gasteiger partial charge < -0.3 is 14.0 Å². The lowest BCUT2D eigenvalue weighted by Crippen LogP contribution is -2.17. The van der Waals surface area contributed by atoms with Gasteiger partial charge in [-0.3, -0.25) is 0 Å². The number of nitrogens with zero attached hydrogens (tertiary/aromatic N) is 2. The van der Waals surface area contributed by atoms with Crippen LogP contribution < -0.4 is 14.3 Å². The van der Waals surface area contributed by atoms with Crippen molar-refractivity contribution in [1.29, 1.82) is 0 Å². The fraction of sp³-hybridized carbons (Fsp3) is 0.160. The normalized spacial score (nSPS) is 11.5. The van der Waals surface area contributed by atoms with E-state index in [1.54, 1.807) is 25.6 Å². The summed E-state index contributed by atoms with van der Waals surface area (Å²) in [6.45, 7) is 0.809. The Morgan fingerprint density at radius 3 is 2.35 bits per heavy atom. The average molecular weight is 451 g/mol. The lowest BCUT2D eigenvalue weighted by atomic mass is 10.1. The van der Waals surface area contributed by atoms with E-state index >= 15 is 0 Å². The maximum atomic E-state index is 6.03. The first-order valence-electron chi connectivity index (χ1n) is 9.93. The predicted octanol–water partition coefficient (Wildman–Crippen LogP) is 6.36. The van der Waals surface area contributed by atoms with Crippen LogP contribution in [0.3, 0.4) is 0 Å². The number of hydrogen-bond acceptors (Lipinski definition) is 4. The highest BCUT2D eigenvalue weighted by Crippen LogP contribution is 2.32. The van der Waals surface area contributed by atoms with E-state index in [-0.39, 0.29) is 0 Å². The second kappa shape index (κ2) is 9.86. The smallest absolute Gasteiger partial charge is 0.190 e. The number of aryl methyl sites for hydroxylation is 1. The number of hydrogen-bond donors (Lipinski definition) is 0. The van der Waals surface area contributed by atoms with Gasteiger partial charge in [0.15, 0.2) is 16.3 Å². The van der Waals surface area contributed by atoms with Gasteiger partial charge in [0.1, 0.15) is 0 Å². The van der Waals surface area contributed by atoms with Gasteiger partial charge in [0.2, 0.25) is 0 Å². The largest absolute Gasteiger partial charge is 0.493 e. The van der Waals surface area contributed by atoms with Crippen LogP contribution in [0.15, 0.2) is 83.2 Å². The van der Waals surface area contributed by atoms with E-state index in [4.69, 9.17) is 26.1 Å². The summed E-state index contributed by atoms with van der Waals surface area (Å²) in [5, 5.41) is 2.84. The number of aromatic nitrogens is 1. The highest BCUT2D eigenvalue weighted by atomic mass is 35.5. The van der Waals surface area contributed by atoms with Gasteiger partial charge in [-0.25, -0.2) is 4.99 Å². The minimum Gasteiger partial charge on any atom is -0.493 e. The summed E-state index contributed by atoms with van der Waals surface area (Å²) >= 11 is 7.65. The summed E-state index contributed by atoms with van der Waals surface area (Å²) in [6, 6.07) is 24.1. The van der Waals surface area contributed by atoms with Gasteiger partial charge in [0.05, 0.1) is 25.6 Å². The maximum absolute atomic E-state index is 6.03. The molecular weight excluding hydrogens is 428 g/mol. The van der Waals surface area contributed by atoms with Crippen molar-refractivity contribution in [2.75, 3.05) is 14.2 Å². The third-order valence-corrected chi connectivity index (χ3v) is 6.11. The molecule has 0 atom stereocenters. The quantitative estimate of drug-likeness (QED) is 0.328. The minimum absolute atomic E-state index is 0.702. The Kier molecular flexibility index (Phi) is 6.75. The molecule has 0 fully saturated rings. The summed E-state index contributed by atoms with van der Waals surface area (Å²) in [5.41, 5.74) is 4.31. The zero-order valence-corrected chi connectivity index (χ0v) is 19.0. The van der Waals surface area contributed by atoms with Crippen LogP contribution in [0, 0.1) is 0 Å².